The van der Waals surface area contributed by atoms with E-state index in [9.17, 15) is 0 Å². The monoisotopic (exact) mass is 357 g/mol. The lowest BCUT2D eigenvalue weighted by Gasteiger charge is -2.17. The van der Waals surface area contributed by atoms with E-state index < -0.39 is 0 Å². The number of fused-ring (bicyclic) bond motifs is 1. The van der Waals surface area contributed by atoms with Gasteiger partial charge in [0.1, 0.15) is 11.5 Å². The highest BCUT2D eigenvalue weighted by Crippen LogP contribution is 2.25. The van der Waals surface area contributed by atoms with Gasteiger partial charge in [-0.25, -0.2) is 15.0 Å². The molecule has 0 aliphatic carbocycles. The quantitative estimate of drug-likeness (QED) is 0.565. The maximum absolute atomic E-state index is 4.77. The second-order valence-corrected chi connectivity index (χ2v) is 6.95. The first-order valence-corrected chi connectivity index (χ1v) is 9.12. The second kappa shape index (κ2) is 6.83. The molecule has 0 spiro atoms. The van der Waals surface area contributed by atoms with Gasteiger partial charge in [0.2, 0.25) is 0 Å². The standard InChI is InChI=1S/C22H23N5/c1-14-6-5-11-27-13-21(26-22(14)27)18-7-9-19(10-8-18)25-16(3)20-12-23-17(4)24-15(20)2/h5-13,16,25H,1-4H3. The van der Waals surface area contributed by atoms with Gasteiger partial charge in [-0.15, -0.1) is 0 Å². The first-order valence-electron chi connectivity index (χ1n) is 9.12. The minimum Gasteiger partial charge on any atom is -0.378 e. The van der Waals surface area contributed by atoms with Crippen molar-refractivity contribution in [1.82, 2.24) is 19.4 Å². The van der Waals surface area contributed by atoms with E-state index in [0.29, 0.717) is 0 Å². The Labute approximate surface area is 159 Å². The summed E-state index contributed by atoms with van der Waals surface area (Å²) in [6, 6.07) is 12.6. The van der Waals surface area contributed by atoms with Crippen LogP contribution in [0.5, 0.6) is 0 Å². The largest absolute Gasteiger partial charge is 0.378 e. The zero-order valence-corrected chi connectivity index (χ0v) is 16.1. The molecule has 136 valence electrons. The first kappa shape index (κ1) is 17.2. The van der Waals surface area contributed by atoms with Crippen molar-refractivity contribution in [2.24, 2.45) is 0 Å². The lowest BCUT2D eigenvalue weighted by atomic mass is 10.1. The number of anilines is 1. The van der Waals surface area contributed by atoms with Gasteiger partial charge in [0.15, 0.2) is 0 Å². The Morgan fingerprint density at radius 1 is 1.00 bits per heavy atom. The smallest absolute Gasteiger partial charge is 0.140 e. The molecular weight excluding hydrogens is 334 g/mol. The number of aromatic nitrogens is 4. The van der Waals surface area contributed by atoms with E-state index in [-0.39, 0.29) is 6.04 Å². The summed E-state index contributed by atoms with van der Waals surface area (Å²) in [6.07, 6.45) is 6.01. The van der Waals surface area contributed by atoms with Gasteiger partial charge in [-0.05, 0) is 51.5 Å². The fourth-order valence-electron chi connectivity index (χ4n) is 3.38. The highest BCUT2D eigenvalue weighted by molar-refractivity contribution is 5.66. The van der Waals surface area contributed by atoms with E-state index in [4.69, 9.17) is 4.98 Å². The summed E-state index contributed by atoms with van der Waals surface area (Å²) >= 11 is 0. The molecule has 0 aliphatic heterocycles. The summed E-state index contributed by atoms with van der Waals surface area (Å²) in [5.74, 6) is 0.801. The fraction of sp³-hybridized carbons (Fsp3) is 0.227. The number of benzene rings is 1. The highest BCUT2D eigenvalue weighted by atomic mass is 15.0. The second-order valence-electron chi connectivity index (χ2n) is 6.95. The van der Waals surface area contributed by atoms with Gasteiger partial charge in [-0.2, -0.15) is 0 Å². The van der Waals surface area contributed by atoms with Gasteiger partial charge in [0, 0.05) is 41.1 Å². The number of nitrogens with zero attached hydrogens (tertiary/aromatic N) is 4. The van der Waals surface area contributed by atoms with Crippen molar-refractivity contribution >= 4 is 11.3 Å². The van der Waals surface area contributed by atoms with Crippen LogP contribution in [0.1, 0.15) is 35.6 Å². The van der Waals surface area contributed by atoms with Gasteiger partial charge in [0.25, 0.3) is 0 Å². The van der Waals surface area contributed by atoms with Gasteiger partial charge < -0.3 is 9.72 Å². The normalized spacial score (nSPS) is 12.3. The molecule has 4 rings (SSSR count). The Kier molecular flexibility index (Phi) is 4.36. The average molecular weight is 357 g/mol. The summed E-state index contributed by atoms with van der Waals surface area (Å²) < 4.78 is 2.07. The van der Waals surface area contributed by atoms with Crippen LogP contribution in [0, 0.1) is 20.8 Å². The molecule has 1 atom stereocenters. The van der Waals surface area contributed by atoms with E-state index >= 15 is 0 Å². The Hall–Kier alpha value is -3.21. The van der Waals surface area contributed by atoms with Crippen LogP contribution in [0.4, 0.5) is 5.69 Å². The van der Waals surface area contributed by atoms with Crippen LogP contribution in [0.15, 0.2) is 55.0 Å². The Balaban J connectivity index is 1.55. The molecule has 0 saturated heterocycles. The van der Waals surface area contributed by atoms with Crippen LogP contribution in [-0.4, -0.2) is 19.4 Å². The third-order valence-electron chi connectivity index (χ3n) is 4.85. The van der Waals surface area contributed by atoms with E-state index in [1.165, 1.54) is 5.56 Å². The Bertz CT molecular complexity index is 1100. The zero-order valence-electron chi connectivity index (χ0n) is 16.1. The van der Waals surface area contributed by atoms with E-state index in [2.05, 4.69) is 70.1 Å². The number of nitrogens with one attached hydrogen (secondary N) is 1. The van der Waals surface area contributed by atoms with Crippen LogP contribution < -0.4 is 5.32 Å². The number of hydrogen-bond donors (Lipinski definition) is 1. The molecule has 1 unspecified atom stereocenters. The predicted molar refractivity (Wildman–Crippen MR) is 109 cm³/mol. The molecule has 0 radical (unpaired) electrons. The molecule has 3 heterocycles. The Morgan fingerprint density at radius 2 is 1.78 bits per heavy atom. The van der Waals surface area contributed by atoms with Crippen molar-refractivity contribution < 1.29 is 0 Å². The number of imidazole rings is 1. The molecule has 4 aromatic rings. The van der Waals surface area contributed by atoms with Gasteiger partial charge in [0.05, 0.1) is 11.7 Å². The topological polar surface area (TPSA) is 55.1 Å². The van der Waals surface area contributed by atoms with E-state index in [0.717, 1.165) is 39.7 Å². The zero-order chi connectivity index (χ0) is 19.0. The summed E-state index contributed by atoms with van der Waals surface area (Å²) in [6.45, 7) is 8.14. The van der Waals surface area contributed by atoms with Crippen molar-refractivity contribution in [2.75, 3.05) is 5.32 Å². The lowest BCUT2D eigenvalue weighted by molar-refractivity contribution is 0.833. The molecular formula is C22H23N5. The lowest BCUT2D eigenvalue weighted by Crippen LogP contribution is -2.10. The van der Waals surface area contributed by atoms with Gasteiger partial charge >= 0.3 is 0 Å². The summed E-state index contributed by atoms with van der Waals surface area (Å²) in [7, 11) is 0. The molecule has 3 aromatic heterocycles. The van der Waals surface area contributed by atoms with Gasteiger partial charge in [-0.1, -0.05) is 18.2 Å². The molecule has 5 heteroatoms. The molecule has 27 heavy (non-hydrogen) atoms. The van der Waals surface area contributed by atoms with Crippen molar-refractivity contribution in [3.63, 3.8) is 0 Å². The maximum Gasteiger partial charge on any atom is 0.140 e. The molecule has 0 aliphatic rings. The van der Waals surface area contributed by atoms with E-state index in [1.807, 2.05) is 32.3 Å². The van der Waals surface area contributed by atoms with Crippen molar-refractivity contribution in [3.8, 4) is 11.3 Å². The van der Waals surface area contributed by atoms with Crippen LogP contribution in [0.2, 0.25) is 0 Å². The average Bonchev–Trinajstić information content (AvgIpc) is 3.08. The first-order chi connectivity index (χ1) is 13.0. The SMILES string of the molecule is Cc1ncc(C(C)Nc2ccc(-c3cn4cccc(C)c4n3)cc2)c(C)n1. The van der Waals surface area contributed by atoms with Crippen LogP contribution >= 0.6 is 0 Å². The summed E-state index contributed by atoms with van der Waals surface area (Å²) in [4.78, 5) is 13.5. The maximum atomic E-state index is 4.77. The molecule has 1 aromatic carbocycles. The number of hydrogen-bond acceptors (Lipinski definition) is 4. The van der Waals surface area contributed by atoms with Crippen LogP contribution in [-0.2, 0) is 0 Å². The van der Waals surface area contributed by atoms with Crippen molar-refractivity contribution in [2.45, 2.75) is 33.7 Å². The molecule has 0 saturated carbocycles. The van der Waals surface area contributed by atoms with Crippen molar-refractivity contribution in [3.05, 3.63) is 77.6 Å². The summed E-state index contributed by atoms with van der Waals surface area (Å²) in [5, 5.41) is 3.53. The fourth-order valence-corrected chi connectivity index (χ4v) is 3.38. The number of aryl methyl sites for hydroxylation is 3. The number of rotatable bonds is 4. The van der Waals surface area contributed by atoms with E-state index in [1.54, 1.807) is 0 Å². The van der Waals surface area contributed by atoms with Crippen LogP contribution in [0.3, 0.4) is 0 Å². The predicted octanol–water partition coefficient (Wildman–Crippen LogP) is 4.89. The molecule has 0 amide bonds. The minimum atomic E-state index is 0.134. The van der Waals surface area contributed by atoms with Crippen LogP contribution in [0.25, 0.3) is 16.9 Å². The highest BCUT2D eigenvalue weighted by Gasteiger charge is 2.11. The summed E-state index contributed by atoms with van der Waals surface area (Å²) in [5.41, 5.74) is 7.44. The Morgan fingerprint density at radius 3 is 2.48 bits per heavy atom. The van der Waals surface area contributed by atoms with Crippen molar-refractivity contribution in [1.29, 1.82) is 0 Å². The third kappa shape index (κ3) is 3.40. The number of pyridine rings is 1. The molecule has 0 fully saturated rings. The molecule has 1 N–H and O–H groups in total. The third-order valence-corrected chi connectivity index (χ3v) is 4.85. The van der Waals surface area contributed by atoms with Gasteiger partial charge in [-0.3, -0.25) is 0 Å². The molecule has 0 bridgehead atoms. The minimum absolute atomic E-state index is 0.134. The molecule has 5 nitrogen and oxygen atoms in total.